The summed E-state index contributed by atoms with van der Waals surface area (Å²) < 4.78 is 9.06. The third-order valence-electron chi connectivity index (χ3n) is 6.74. The van der Waals surface area contributed by atoms with Crippen molar-refractivity contribution in [2.75, 3.05) is 23.8 Å². The van der Waals surface area contributed by atoms with Crippen LogP contribution >= 0.6 is 23.7 Å². The molecule has 8 heteroatoms. The molecule has 1 aliphatic heterocycles. The number of rotatable bonds is 11. The summed E-state index contributed by atoms with van der Waals surface area (Å²) in [7, 11) is 0. The van der Waals surface area contributed by atoms with E-state index in [2.05, 4.69) is 15.4 Å². The molecule has 0 spiro atoms. The van der Waals surface area contributed by atoms with Crippen LogP contribution in [-0.2, 0) is 16.1 Å². The van der Waals surface area contributed by atoms with E-state index in [1.807, 2.05) is 54.6 Å². The minimum absolute atomic E-state index is 0.0244. The molecule has 0 unspecified atom stereocenters. The molecule has 2 amide bonds. The number of nitrogens with one attached hydrogen (secondary N) is 3. The van der Waals surface area contributed by atoms with Gasteiger partial charge in [0.15, 0.2) is 0 Å². The number of amides is 2. The Labute approximate surface area is 223 Å². The topological polar surface area (TPSA) is 79.5 Å². The molecule has 1 aliphatic carbocycles. The van der Waals surface area contributed by atoms with Crippen molar-refractivity contribution in [2.45, 2.75) is 51.1 Å². The zero-order valence-corrected chi connectivity index (χ0v) is 22.4. The highest BCUT2D eigenvalue weighted by Gasteiger charge is 2.27. The Morgan fingerprint density at radius 2 is 1.75 bits per heavy atom. The normalized spacial score (nSPS) is 19.3. The van der Waals surface area contributed by atoms with Crippen LogP contribution in [-0.4, -0.2) is 41.7 Å². The fourth-order valence-electron chi connectivity index (χ4n) is 4.55. The van der Waals surface area contributed by atoms with Crippen LogP contribution in [0.25, 0.3) is 0 Å². The van der Waals surface area contributed by atoms with Gasteiger partial charge in [0, 0.05) is 24.6 Å². The van der Waals surface area contributed by atoms with Gasteiger partial charge < -0.3 is 15.4 Å². The van der Waals surface area contributed by atoms with Crippen LogP contribution in [0.5, 0.6) is 11.5 Å². The maximum atomic E-state index is 13.1. The number of hydrogen-bond donors (Lipinski definition) is 3. The highest BCUT2D eigenvalue weighted by Crippen LogP contribution is 2.27. The highest BCUT2D eigenvalue weighted by molar-refractivity contribution is 7.99. The van der Waals surface area contributed by atoms with Gasteiger partial charge in [-0.2, -0.15) is 11.8 Å². The van der Waals surface area contributed by atoms with Gasteiger partial charge >= 0.3 is 0 Å². The fourth-order valence-corrected chi connectivity index (χ4v) is 6.69. The number of thioether (sulfide) groups is 1. The van der Waals surface area contributed by atoms with Crippen molar-refractivity contribution >= 4 is 35.5 Å². The number of carbonyl (C=O) groups is 2. The summed E-state index contributed by atoms with van der Waals surface area (Å²) in [6.07, 6.45) is 7.37. The summed E-state index contributed by atoms with van der Waals surface area (Å²) in [4.78, 5) is 26.0. The quantitative estimate of drug-likeness (QED) is 0.351. The Morgan fingerprint density at radius 1 is 1.00 bits per heavy atom. The number of hydrogen-bond acceptors (Lipinski definition) is 6. The van der Waals surface area contributed by atoms with Crippen molar-refractivity contribution in [1.29, 1.82) is 0 Å². The van der Waals surface area contributed by atoms with Gasteiger partial charge in [0.05, 0.1) is 5.92 Å². The van der Waals surface area contributed by atoms with Crippen LogP contribution in [0.4, 0.5) is 0 Å². The van der Waals surface area contributed by atoms with Gasteiger partial charge in [0.1, 0.15) is 17.5 Å². The maximum Gasteiger partial charge on any atom is 0.243 e. The SMILES string of the molecule is O=C(N[C@@H](CSCC1CCCCC1)C(=O)NCc1ccc(Oc2ccccc2)cc1)[C@@H]1CCSNC1. The van der Waals surface area contributed by atoms with Gasteiger partial charge in [-0.3, -0.25) is 14.3 Å². The molecule has 194 valence electrons. The average Bonchev–Trinajstić information content (AvgIpc) is 2.93. The Balaban J connectivity index is 1.29. The maximum absolute atomic E-state index is 13.1. The van der Waals surface area contributed by atoms with E-state index in [9.17, 15) is 9.59 Å². The minimum atomic E-state index is -0.527. The van der Waals surface area contributed by atoms with Gasteiger partial charge in [-0.1, -0.05) is 61.5 Å². The average molecular weight is 528 g/mol. The van der Waals surface area contributed by atoms with E-state index in [-0.39, 0.29) is 17.7 Å². The number of ether oxygens (including phenoxy) is 1. The van der Waals surface area contributed by atoms with Gasteiger partial charge in [-0.15, -0.1) is 0 Å². The summed E-state index contributed by atoms with van der Waals surface area (Å²) in [5.74, 6) is 4.62. The number of para-hydroxylation sites is 1. The molecular formula is C28H37N3O3S2. The van der Waals surface area contributed by atoms with E-state index in [0.717, 1.165) is 40.9 Å². The highest BCUT2D eigenvalue weighted by atomic mass is 32.2. The molecule has 3 N–H and O–H groups in total. The van der Waals surface area contributed by atoms with Crippen molar-refractivity contribution in [1.82, 2.24) is 15.4 Å². The minimum Gasteiger partial charge on any atom is -0.457 e. The summed E-state index contributed by atoms with van der Waals surface area (Å²) in [5, 5.41) is 6.09. The molecular weight excluding hydrogens is 490 g/mol. The summed E-state index contributed by atoms with van der Waals surface area (Å²) in [6, 6.07) is 16.8. The fraction of sp³-hybridized carbons (Fsp3) is 0.500. The number of carbonyl (C=O) groups excluding carboxylic acids is 2. The van der Waals surface area contributed by atoms with Crippen LogP contribution in [0.2, 0.25) is 0 Å². The second kappa shape index (κ2) is 14.5. The molecule has 0 aromatic heterocycles. The summed E-state index contributed by atoms with van der Waals surface area (Å²) >= 11 is 3.45. The lowest BCUT2D eigenvalue weighted by Gasteiger charge is -2.26. The predicted molar refractivity (Wildman–Crippen MR) is 149 cm³/mol. The zero-order valence-electron chi connectivity index (χ0n) is 20.7. The molecule has 36 heavy (non-hydrogen) atoms. The molecule has 2 aromatic carbocycles. The van der Waals surface area contributed by atoms with Crippen LogP contribution in [0.1, 0.15) is 44.1 Å². The standard InChI is InChI=1S/C28H37N3O3S2/c32-27(23-15-16-36-30-18-23)31-26(20-35-19-22-7-3-1-4-8-22)28(33)29-17-21-11-13-25(14-12-21)34-24-9-5-2-6-10-24/h2,5-6,9-14,22-23,26,30H,1,3-4,7-8,15-20H2,(H,29,33)(H,31,32)/t23-,26+/m1/s1. The summed E-state index contributed by atoms with van der Waals surface area (Å²) in [5.41, 5.74) is 0.984. The molecule has 1 saturated carbocycles. The van der Waals surface area contributed by atoms with Gasteiger partial charge in [-0.25, -0.2) is 0 Å². The van der Waals surface area contributed by atoms with E-state index >= 15 is 0 Å². The molecule has 2 fully saturated rings. The van der Waals surface area contributed by atoms with E-state index in [0.29, 0.717) is 18.8 Å². The smallest absolute Gasteiger partial charge is 0.243 e. The molecule has 6 nitrogen and oxygen atoms in total. The molecule has 0 radical (unpaired) electrons. The molecule has 4 rings (SSSR count). The van der Waals surface area contributed by atoms with E-state index < -0.39 is 6.04 Å². The molecule has 2 aliphatic rings. The van der Waals surface area contributed by atoms with Crippen molar-refractivity contribution in [3.05, 3.63) is 60.2 Å². The first-order valence-corrected chi connectivity index (χ1v) is 15.1. The lowest BCUT2D eigenvalue weighted by molar-refractivity contribution is -0.130. The van der Waals surface area contributed by atoms with Crippen LogP contribution in [0.15, 0.2) is 54.6 Å². The lowest BCUT2D eigenvalue weighted by atomic mass is 9.91. The van der Waals surface area contributed by atoms with Crippen LogP contribution in [0.3, 0.4) is 0 Å². The summed E-state index contributed by atoms with van der Waals surface area (Å²) in [6.45, 7) is 1.06. The van der Waals surface area contributed by atoms with Gasteiger partial charge in [-0.05, 0) is 60.8 Å². The first kappa shape index (κ1) is 26.9. The first-order chi connectivity index (χ1) is 17.7. The van der Waals surface area contributed by atoms with Crippen molar-refractivity contribution in [3.63, 3.8) is 0 Å². The first-order valence-electron chi connectivity index (χ1n) is 13.0. The molecule has 1 heterocycles. The second-order valence-electron chi connectivity index (χ2n) is 9.56. The number of benzene rings is 2. The van der Waals surface area contributed by atoms with Crippen LogP contribution < -0.4 is 20.1 Å². The third-order valence-corrected chi connectivity index (χ3v) is 8.82. The largest absolute Gasteiger partial charge is 0.457 e. The van der Waals surface area contributed by atoms with E-state index in [1.54, 1.807) is 23.7 Å². The van der Waals surface area contributed by atoms with Crippen molar-refractivity contribution in [2.24, 2.45) is 11.8 Å². The third kappa shape index (κ3) is 8.75. The van der Waals surface area contributed by atoms with E-state index in [1.165, 1.54) is 32.1 Å². The van der Waals surface area contributed by atoms with Gasteiger partial charge in [0.2, 0.25) is 11.8 Å². The Hall–Kier alpha value is -2.16. The molecule has 2 aromatic rings. The lowest BCUT2D eigenvalue weighted by Crippen LogP contribution is -2.51. The molecule has 2 atom stereocenters. The monoisotopic (exact) mass is 527 g/mol. The zero-order chi connectivity index (χ0) is 25.0. The second-order valence-corrected chi connectivity index (χ2v) is 11.6. The van der Waals surface area contributed by atoms with Crippen molar-refractivity contribution in [3.8, 4) is 11.5 Å². The molecule has 1 saturated heterocycles. The molecule has 0 bridgehead atoms. The van der Waals surface area contributed by atoms with Crippen molar-refractivity contribution < 1.29 is 14.3 Å². The Kier molecular flexibility index (Phi) is 10.9. The Morgan fingerprint density at radius 3 is 2.47 bits per heavy atom. The van der Waals surface area contributed by atoms with Crippen LogP contribution in [0, 0.1) is 11.8 Å². The Bertz CT molecular complexity index is 946. The van der Waals surface area contributed by atoms with E-state index in [4.69, 9.17) is 4.74 Å². The van der Waals surface area contributed by atoms with Gasteiger partial charge in [0.25, 0.3) is 0 Å². The predicted octanol–water partition coefficient (Wildman–Crippen LogP) is 5.15.